The van der Waals surface area contributed by atoms with Crippen LogP contribution in [0.15, 0.2) is 17.1 Å². The number of aliphatic imine (C=N–C) groups is 1. The molecule has 0 amide bonds. The summed E-state index contributed by atoms with van der Waals surface area (Å²) in [5.74, 6) is -0.104. The largest absolute Gasteiger partial charge is 0.317 e. The molecule has 2 aliphatic heterocycles. The van der Waals surface area contributed by atoms with Crippen molar-refractivity contribution in [2.75, 3.05) is 13.0 Å². The summed E-state index contributed by atoms with van der Waals surface area (Å²) in [7, 11) is 0. The second-order valence-corrected chi connectivity index (χ2v) is 4.46. The van der Waals surface area contributed by atoms with E-state index in [-0.39, 0.29) is 5.92 Å². The fourth-order valence-electron chi connectivity index (χ4n) is 2.44. The van der Waals surface area contributed by atoms with Crippen molar-refractivity contribution in [1.29, 1.82) is 0 Å². The molecular weight excluding hydrogens is 196 g/mol. The Hall–Kier alpha value is -1.15. The van der Waals surface area contributed by atoms with Gasteiger partial charge in [0.15, 0.2) is 0 Å². The van der Waals surface area contributed by atoms with Crippen LogP contribution >= 0.6 is 0 Å². The number of hydrogen-bond acceptors (Lipinski definition) is 2. The fraction of sp³-hybridized carbons (Fsp3) is 0.500. The zero-order valence-corrected chi connectivity index (χ0v) is 9.38. The number of fused-ring (bicyclic) bond motifs is 1. The molecule has 84 valence electrons. The molecule has 0 radical (unpaired) electrons. The molecule has 0 aromatic heterocycles. The minimum atomic E-state index is -1.67. The average molecular weight is 218 g/mol. The normalized spacial score (nSPS) is 30.1. The van der Waals surface area contributed by atoms with Gasteiger partial charge in [-0.3, -0.25) is 4.99 Å². The summed E-state index contributed by atoms with van der Waals surface area (Å²) in [5, 5.41) is 2.45. The fourth-order valence-corrected chi connectivity index (χ4v) is 2.44. The third-order valence-electron chi connectivity index (χ3n) is 3.33. The Balaban J connectivity index is 1.97. The zero-order chi connectivity index (χ0) is 14.5. The van der Waals surface area contributed by atoms with Crippen LogP contribution in [0.1, 0.15) is 46.5 Å². The minimum absolute atomic E-state index is 0.104. The van der Waals surface area contributed by atoms with Crippen LogP contribution in [0.4, 0.5) is 0 Å². The number of nitrogens with zero attached hydrogens (tertiary/aromatic N) is 1. The van der Waals surface area contributed by atoms with E-state index in [1.54, 1.807) is 0 Å². The number of rotatable bonds is 1. The molecule has 0 unspecified atom stereocenters. The highest BCUT2D eigenvalue weighted by Gasteiger charge is 2.19. The smallest absolute Gasteiger partial charge is 0.0646 e. The molecule has 0 aliphatic carbocycles. The van der Waals surface area contributed by atoms with Crippen molar-refractivity contribution in [2.24, 2.45) is 4.99 Å². The van der Waals surface area contributed by atoms with E-state index in [4.69, 9.17) is 5.48 Å². The summed E-state index contributed by atoms with van der Waals surface area (Å²) >= 11 is 0. The van der Waals surface area contributed by atoms with Crippen LogP contribution < -0.4 is 5.32 Å². The Morgan fingerprint density at radius 3 is 3.00 bits per heavy atom. The molecule has 1 aromatic carbocycles. The van der Waals surface area contributed by atoms with Gasteiger partial charge >= 0.3 is 0 Å². The van der Waals surface area contributed by atoms with Crippen LogP contribution in [-0.2, 0) is 6.54 Å². The molecule has 1 fully saturated rings. The van der Waals surface area contributed by atoms with E-state index in [9.17, 15) is 0 Å². The molecular formula is C14H18N2. The summed E-state index contributed by atoms with van der Waals surface area (Å²) in [4.78, 5) is 4.25. The van der Waals surface area contributed by atoms with E-state index in [1.165, 1.54) is 0 Å². The lowest BCUT2D eigenvalue weighted by Crippen LogP contribution is -2.27. The van der Waals surface area contributed by atoms with E-state index in [0.717, 1.165) is 22.3 Å². The van der Waals surface area contributed by atoms with Crippen molar-refractivity contribution in [3.63, 3.8) is 0 Å². The van der Waals surface area contributed by atoms with Gasteiger partial charge in [-0.1, -0.05) is 6.07 Å². The Morgan fingerprint density at radius 1 is 1.38 bits per heavy atom. The number of benzene rings is 1. The standard InChI is InChI=1S/C14H18N2/c1-10-6-12-8-16-9-13(12)7-14(10)11-2-4-15-5-3-11/h6-8,11,15H,2-5,9H2,1H3/i4D2,5D2. The highest BCUT2D eigenvalue weighted by molar-refractivity contribution is 5.85. The Morgan fingerprint density at radius 2 is 2.19 bits per heavy atom. The topological polar surface area (TPSA) is 24.4 Å². The van der Waals surface area contributed by atoms with E-state index in [2.05, 4.69) is 22.4 Å². The van der Waals surface area contributed by atoms with Crippen molar-refractivity contribution >= 4 is 6.21 Å². The molecule has 1 N–H and O–H groups in total. The molecule has 2 aliphatic rings. The first kappa shape index (κ1) is 6.55. The number of piperidine rings is 1. The van der Waals surface area contributed by atoms with E-state index >= 15 is 0 Å². The number of nitrogens with one attached hydrogen (secondary N) is 1. The van der Waals surface area contributed by atoms with Crippen LogP contribution in [0, 0.1) is 6.92 Å². The lowest BCUT2D eigenvalue weighted by Gasteiger charge is -2.25. The SMILES string of the molecule is [2H]C1([2H])CC(c2cc3c(cc2C)C=NC3)CC([2H])([2H])N1. The van der Waals surface area contributed by atoms with Gasteiger partial charge in [0, 0.05) is 11.7 Å². The summed E-state index contributed by atoms with van der Waals surface area (Å²) in [5.41, 5.74) is 4.44. The summed E-state index contributed by atoms with van der Waals surface area (Å²) in [6.45, 7) is -0.662. The quantitative estimate of drug-likeness (QED) is 0.769. The van der Waals surface area contributed by atoms with Gasteiger partial charge in [-0.05, 0) is 67.0 Å². The average Bonchev–Trinajstić information content (AvgIpc) is 2.70. The van der Waals surface area contributed by atoms with Crippen LogP contribution in [0.5, 0.6) is 0 Å². The maximum Gasteiger partial charge on any atom is 0.0646 e. The van der Waals surface area contributed by atoms with Crippen LogP contribution in [0.2, 0.25) is 0 Å². The lowest BCUT2D eigenvalue weighted by atomic mass is 9.85. The molecule has 16 heavy (non-hydrogen) atoms. The second-order valence-electron chi connectivity index (χ2n) is 4.46. The third kappa shape index (κ3) is 1.67. The summed E-state index contributed by atoms with van der Waals surface area (Å²) in [6, 6.07) is 4.16. The van der Waals surface area contributed by atoms with Gasteiger partial charge in [0.25, 0.3) is 0 Å². The molecule has 0 spiro atoms. The predicted molar refractivity (Wildman–Crippen MR) is 67.3 cm³/mol. The Bertz CT molecular complexity index is 565. The molecule has 1 aromatic rings. The highest BCUT2D eigenvalue weighted by atomic mass is 14.9. The molecule has 1 saturated heterocycles. The van der Waals surface area contributed by atoms with Gasteiger partial charge in [0.2, 0.25) is 0 Å². The van der Waals surface area contributed by atoms with Crippen molar-refractivity contribution in [1.82, 2.24) is 5.32 Å². The molecule has 2 heteroatoms. The molecule has 2 heterocycles. The predicted octanol–water partition coefficient (Wildman–Crippen LogP) is 2.39. The summed E-state index contributed by atoms with van der Waals surface area (Å²) < 4.78 is 31.5. The van der Waals surface area contributed by atoms with Gasteiger partial charge in [-0.25, -0.2) is 0 Å². The monoisotopic (exact) mass is 218 g/mol. The maximum absolute atomic E-state index is 7.88. The lowest BCUT2D eigenvalue weighted by molar-refractivity contribution is 0.459. The van der Waals surface area contributed by atoms with Crippen LogP contribution in [0.3, 0.4) is 0 Å². The molecule has 0 saturated carbocycles. The molecule has 0 bridgehead atoms. The van der Waals surface area contributed by atoms with Crippen LogP contribution in [-0.4, -0.2) is 19.2 Å². The van der Waals surface area contributed by atoms with Gasteiger partial charge in [0.1, 0.15) is 0 Å². The van der Waals surface area contributed by atoms with Gasteiger partial charge < -0.3 is 5.32 Å². The number of aryl methyl sites for hydroxylation is 1. The van der Waals surface area contributed by atoms with Gasteiger partial charge in [-0.2, -0.15) is 0 Å². The van der Waals surface area contributed by atoms with Crippen molar-refractivity contribution in [3.05, 3.63) is 34.4 Å². The molecule has 3 rings (SSSR count). The Kier molecular flexibility index (Phi) is 1.65. The van der Waals surface area contributed by atoms with E-state index < -0.39 is 13.0 Å². The van der Waals surface area contributed by atoms with Crippen LogP contribution in [0.25, 0.3) is 0 Å². The van der Waals surface area contributed by atoms with Crippen molar-refractivity contribution in [3.8, 4) is 0 Å². The summed E-state index contributed by atoms with van der Waals surface area (Å²) in [6.07, 6.45) is 2.47. The second kappa shape index (κ2) is 4.02. The third-order valence-corrected chi connectivity index (χ3v) is 3.33. The maximum atomic E-state index is 7.88. The minimum Gasteiger partial charge on any atom is -0.317 e. The number of hydrogen-bond donors (Lipinski definition) is 1. The van der Waals surface area contributed by atoms with E-state index in [1.807, 2.05) is 13.1 Å². The molecule has 2 nitrogen and oxygen atoms in total. The first-order valence-corrected chi connectivity index (χ1v) is 5.68. The van der Waals surface area contributed by atoms with Gasteiger partial charge in [-0.15, -0.1) is 0 Å². The first-order valence-electron chi connectivity index (χ1n) is 7.68. The highest BCUT2D eigenvalue weighted by Crippen LogP contribution is 2.31. The van der Waals surface area contributed by atoms with Gasteiger partial charge in [0.05, 0.1) is 6.54 Å². The van der Waals surface area contributed by atoms with E-state index in [0.29, 0.717) is 19.4 Å². The Labute approximate surface area is 102 Å². The van der Waals surface area contributed by atoms with Crippen molar-refractivity contribution < 1.29 is 5.48 Å². The first-order chi connectivity index (χ1) is 9.26. The molecule has 0 atom stereocenters. The zero-order valence-electron chi connectivity index (χ0n) is 13.4. The van der Waals surface area contributed by atoms with Crippen molar-refractivity contribution in [2.45, 2.75) is 32.2 Å².